The molecule has 2 atom stereocenters. The highest BCUT2D eigenvalue weighted by Gasteiger charge is 2.38. The number of likely N-dealkylation sites (tertiary alicyclic amines) is 1. The van der Waals surface area contributed by atoms with Gasteiger partial charge in [-0.15, -0.1) is 0 Å². The third-order valence-corrected chi connectivity index (χ3v) is 4.39. The zero-order chi connectivity index (χ0) is 12.7. The van der Waals surface area contributed by atoms with Crippen molar-refractivity contribution in [1.29, 1.82) is 0 Å². The molecule has 0 radical (unpaired) electrons. The molecule has 1 aliphatic heterocycles. The van der Waals surface area contributed by atoms with Crippen LogP contribution >= 0.6 is 0 Å². The fourth-order valence-corrected chi connectivity index (χ4v) is 3.12. The first-order valence-electron chi connectivity index (χ1n) is 7.06. The number of nitrogens with one attached hydrogen (secondary N) is 1. The topological polar surface area (TPSA) is 41.3 Å². The zero-order valence-corrected chi connectivity index (χ0v) is 11.6. The largest absolute Gasteiger partial charge is 0.361 e. The summed E-state index contributed by atoms with van der Waals surface area (Å²) in [6, 6.07) is 2.24. The first-order valence-corrected chi connectivity index (χ1v) is 7.06. The predicted octanol–water partition coefficient (Wildman–Crippen LogP) is 2.01. The minimum atomic E-state index is 0.620. The summed E-state index contributed by atoms with van der Waals surface area (Å²) in [7, 11) is 0. The Morgan fingerprint density at radius 1 is 1.39 bits per heavy atom. The number of nitrogens with zero attached hydrogens (tertiary/aromatic N) is 2. The molecular formula is C14H23N3O. The van der Waals surface area contributed by atoms with Crippen LogP contribution in [0.15, 0.2) is 4.52 Å². The van der Waals surface area contributed by atoms with Gasteiger partial charge in [0.25, 0.3) is 0 Å². The minimum Gasteiger partial charge on any atom is -0.361 e. The molecule has 2 fully saturated rings. The van der Waals surface area contributed by atoms with Crippen LogP contribution in [0.5, 0.6) is 0 Å². The van der Waals surface area contributed by atoms with E-state index in [0.717, 1.165) is 30.1 Å². The monoisotopic (exact) mass is 249 g/mol. The van der Waals surface area contributed by atoms with Gasteiger partial charge in [0, 0.05) is 36.8 Å². The molecule has 1 aromatic rings. The molecule has 3 rings (SSSR count). The molecule has 0 amide bonds. The quantitative estimate of drug-likeness (QED) is 0.886. The van der Waals surface area contributed by atoms with Crippen molar-refractivity contribution >= 4 is 0 Å². The van der Waals surface area contributed by atoms with Gasteiger partial charge in [0.15, 0.2) is 0 Å². The average Bonchev–Trinajstić information content (AvgIpc) is 3.04. The molecule has 1 aliphatic carbocycles. The first-order chi connectivity index (χ1) is 8.65. The number of hydrogen-bond donors (Lipinski definition) is 1. The molecular weight excluding hydrogens is 226 g/mol. The second kappa shape index (κ2) is 4.67. The Hall–Kier alpha value is -0.870. The van der Waals surface area contributed by atoms with Gasteiger partial charge in [0.05, 0.1) is 5.69 Å². The summed E-state index contributed by atoms with van der Waals surface area (Å²) >= 11 is 0. The fourth-order valence-electron chi connectivity index (χ4n) is 3.12. The van der Waals surface area contributed by atoms with Crippen molar-refractivity contribution in [2.75, 3.05) is 6.54 Å². The van der Waals surface area contributed by atoms with E-state index in [9.17, 15) is 0 Å². The zero-order valence-electron chi connectivity index (χ0n) is 11.6. The molecule has 2 heterocycles. The van der Waals surface area contributed by atoms with Crippen molar-refractivity contribution < 1.29 is 4.52 Å². The highest BCUT2D eigenvalue weighted by Crippen LogP contribution is 2.33. The summed E-state index contributed by atoms with van der Waals surface area (Å²) in [5.74, 6) is 0.949. The predicted molar refractivity (Wildman–Crippen MR) is 70.4 cm³/mol. The second-order valence-electron chi connectivity index (χ2n) is 5.89. The van der Waals surface area contributed by atoms with Crippen molar-refractivity contribution in [3.63, 3.8) is 0 Å². The summed E-state index contributed by atoms with van der Waals surface area (Å²) in [4.78, 5) is 2.67. The van der Waals surface area contributed by atoms with Gasteiger partial charge in [0.1, 0.15) is 5.76 Å². The van der Waals surface area contributed by atoms with E-state index < -0.39 is 0 Å². The van der Waals surface area contributed by atoms with Crippen LogP contribution in [0.4, 0.5) is 0 Å². The molecule has 4 heteroatoms. The standard InChI is InChI=1S/C14H23N3O/c1-9-6-12(8-17(9)13-4-5-13)15-7-14-10(2)16-18-11(14)3/h9,12-13,15H,4-8H2,1-3H3. The Morgan fingerprint density at radius 3 is 2.78 bits per heavy atom. The lowest BCUT2D eigenvalue weighted by Gasteiger charge is -2.19. The van der Waals surface area contributed by atoms with Crippen LogP contribution in [-0.2, 0) is 6.54 Å². The van der Waals surface area contributed by atoms with E-state index in [4.69, 9.17) is 4.52 Å². The second-order valence-corrected chi connectivity index (χ2v) is 5.89. The molecule has 1 aromatic heterocycles. The number of rotatable bonds is 4. The van der Waals surface area contributed by atoms with Gasteiger partial charge in [-0.05, 0) is 40.0 Å². The van der Waals surface area contributed by atoms with Crippen molar-refractivity contribution in [1.82, 2.24) is 15.4 Å². The fraction of sp³-hybridized carbons (Fsp3) is 0.786. The number of aromatic nitrogens is 1. The third kappa shape index (κ3) is 2.31. The molecule has 0 bridgehead atoms. The first kappa shape index (κ1) is 12.2. The van der Waals surface area contributed by atoms with Gasteiger partial charge >= 0.3 is 0 Å². The highest BCUT2D eigenvalue weighted by molar-refractivity contribution is 5.20. The molecule has 4 nitrogen and oxygen atoms in total. The van der Waals surface area contributed by atoms with E-state index in [1.54, 1.807) is 0 Å². The molecule has 2 unspecified atom stereocenters. The average molecular weight is 249 g/mol. The molecule has 1 saturated heterocycles. The summed E-state index contributed by atoms with van der Waals surface area (Å²) in [6.45, 7) is 8.45. The number of hydrogen-bond acceptors (Lipinski definition) is 4. The Balaban J connectivity index is 1.55. The van der Waals surface area contributed by atoms with Crippen LogP contribution in [-0.4, -0.2) is 34.7 Å². The van der Waals surface area contributed by atoms with Crippen LogP contribution in [0.25, 0.3) is 0 Å². The van der Waals surface area contributed by atoms with Gasteiger partial charge in [-0.2, -0.15) is 0 Å². The molecule has 18 heavy (non-hydrogen) atoms. The van der Waals surface area contributed by atoms with E-state index >= 15 is 0 Å². The summed E-state index contributed by atoms with van der Waals surface area (Å²) in [5.41, 5.74) is 2.25. The summed E-state index contributed by atoms with van der Waals surface area (Å²) < 4.78 is 5.20. The molecule has 0 aromatic carbocycles. The van der Waals surface area contributed by atoms with Crippen LogP contribution < -0.4 is 5.32 Å². The molecule has 1 N–H and O–H groups in total. The number of aryl methyl sites for hydroxylation is 2. The Labute approximate surface area is 109 Å². The Morgan fingerprint density at radius 2 is 2.17 bits per heavy atom. The summed E-state index contributed by atoms with van der Waals surface area (Å²) in [6.07, 6.45) is 4.07. The lowest BCUT2D eigenvalue weighted by atomic mass is 10.1. The molecule has 100 valence electrons. The minimum absolute atomic E-state index is 0.620. The smallest absolute Gasteiger partial charge is 0.138 e. The Bertz CT molecular complexity index is 405. The maximum Gasteiger partial charge on any atom is 0.138 e. The van der Waals surface area contributed by atoms with E-state index in [1.165, 1.54) is 31.4 Å². The van der Waals surface area contributed by atoms with Gasteiger partial charge in [-0.3, -0.25) is 4.90 Å². The highest BCUT2D eigenvalue weighted by atomic mass is 16.5. The van der Waals surface area contributed by atoms with Gasteiger partial charge in [0.2, 0.25) is 0 Å². The van der Waals surface area contributed by atoms with Crippen LogP contribution in [0.1, 0.15) is 43.2 Å². The van der Waals surface area contributed by atoms with E-state index in [0.29, 0.717) is 6.04 Å². The van der Waals surface area contributed by atoms with Crippen molar-refractivity contribution in [3.8, 4) is 0 Å². The molecule has 1 saturated carbocycles. The van der Waals surface area contributed by atoms with Gasteiger partial charge in [-0.25, -0.2) is 0 Å². The van der Waals surface area contributed by atoms with Crippen molar-refractivity contribution in [3.05, 3.63) is 17.0 Å². The summed E-state index contributed by atoms with van der Waals surface area (Å²) in [5, 5.41) is 7.67. The maximum absolute atomic E-state index is 5.20. The SMILES string of the molecule is Cc1noc(C)c1CNC1CC(C)N(C2CC2)C1. The van der Waals surface area contributed by atoms with Crippen LogP contribution in [0.3, 0.4) is 0 Å². The van der Waals surface area contributed by atoms with Crippen molar-refractivity contribution in [2.24, 2.45) is 0 Å². The van der Waals surface area contributed by atoms with E-state index in [-0.39, 0.29) is 0 Å². The van der Waals surface area contributed by atoms with E-state index in [2.05, 4.69) is 22.3 Å². The third-order valence-electron chi connectivity index (χ3n) is 4.39. The van der Waals surface area contributed by atoms with Gasteiger partial charge in [-0.1, -0.05) is 5.16 Å². The van der Waals surface area contributed by atoms with Crippen molar-refractivity contribution in [2.45, 2.75) is 64.7 Å². The Kier molecular flexibility index (Phi) is 3.16. The maximum atomic E-state index is 5.20. The lowest BCUT2D eigenvalue weighted by molar-refractivity contribution is 0.255. The molecule has 2 aliphatic rings. The van der Waals surface area contributed by atoms with Crippen LogP contribution in [0.2, 0.25) is 0 Å². The lowest BCUT2D eigenvalue weighted by Crippen LogP contribution is -2.34. The van der Waals surface area contributed by atoms with Gasteiger partial charge < -0.3 is 9.84 Å². The van der Waals surface area contributed by atoms with Crippen LogP contribution in [0, 0.1) is 13.8 Å². The van der Waals surface area contributed by atoms with E-state index in [1.807, 2.05) is 13.8 Å². The molecule has 0 spiro atoms. The normalized spacial score (nSPS) is 29.1.